The molecule has 4 nitrogen and oxygen atoms in total. The molecule has 2 aromatic rings. The van der Waals surface area contributed by atoms with Crippen molar-refractivity contribution in [3.63, 3.8) is 0 Å². The molecule has 0 spiro atoms. The molecule has 0 unspecified atom stereocenters. The Kier molecular flexibility index (Phi) is 3.41. The van der Waals surface area contributed by atoms with Crippen LogP contribution in [0, 0.1) is 13.8 Å². The van der Waals surface area contributed by atoms with Gasteiger partial charge in [-0.1, -0.05) is 0 Å². The van der Waals surface area contributed by atoms with E-state index in [1.165, 1.54) is 11.4 Å². The van der Waals surface area contributed by atoms with Gasteiger partial charge in [-0.05, 0) is 32.0 Å². The Balaban J connectivity index is 1.74. The lowest BCUT2D eigenvalue weighted by Crippen LogP contribution is -2.20. The van der Waals surface area contributed by atoms with Crippen molar-refractivity contribution in [3.05, 3.63) is 41.5 Å². The van der Waals surface area contributed by atoms with E-state index in [0.29, 0.717) is 0 Å². The van der Waals surface area contributed by atoms with Crippen molar-refractivity contribution in [2.24, 2.45) is 0 Å². The van der Waals surface area contributed by atoms with E-state index in [1.54, 1.807) is 0 Å². The number of aromatic nitrogens is 3. The predicted molar refractivity (Wildman–Crippen MR) is 64.2 cm³/mol. The molecule has 0 aromatic carbocycles. The van der Waals surface area contributed by atoms with Crippen molar-refractivity contribution in [2.45, 2.75) is 26.9 Å². The molecule has 0 saturated carbocycles. The molecule has 2 N–H and O–H groups in total. The number of nitrogens with zero attached hydrogens (tertiary/aromatic N) is 2. The summed E-state index contributed by atoms with van der Waals surface area (Å²) in [5, 5.41) is 7.79. The predicted octanol–water partition coefficient (Wildman–Crippen LogP) is 1.62. The molecule has 0 aliphatic heterocycles. The van der Waals surface area contributed by atoms with Crippen LogP contribution in [0.15, 0.2) is 24.4 Å². The summed E-state index contributed by atoms with van der Waals surface area (Å²) in [7, 11) is 0. The van der Waals surface area contributed by atoms with Crippen LogP contribution in [-0.2, 0) is 13.1 Å². The second-order valence-corrected chi connectivity index (χ2v) is 4.02. The molecule has 0 bridgehead atoms. The van der Waals surface area contributed by atoms with Crippen molar-refractivity contribution in [3.8, 4) is 0 Å². The van der Waals surface area contributed by atoms with Gasteiger partial charge >= 0.3 is 0 Å². The molecule has 2 aromatic heterocycles. The summed E-state index contributed by atoms with van der Waals surface area (Å²) in [5.41, 5.74) is 3.52. The largest absolute Gasteiger partial charge is 0.364 e. The van der Waals surface area contributed by atoms with Gasteiger partial charge in [-0.3, -0.25) is 4.68 Å². The Labute approximate surface area is 95.7 Å². The molecule has 2 heterocycles. The highest BCUT2D eigenvalue weighted by Crippen LogP contribution is 2.00. The monoisotopic (exact) mass is 218 g/mol. The van der Waals surface area contributed by atoms with Crippen LogP contribution in [-0.4, -0.2) is 21.3 Å². The van der Waals surface area contributed by atoms with Gasteiger partial charge in [0.05, 0.1) is 12.2 Å². The molecule has 86 valence electrons. The molecule has 0 radical (unpaired) electrons. The van der Waals surface area contributed by atoms with E-state index in [4.69, 9.17) is 0 Å². The normalized spacial score (nSPS) is 10.9. The van der Waals surface area contributed by atoms with Crippen LogP contribution in [0.3, 0.4) is 0 Å². The summed E-state index contributed by atoms with van der Waals surface area (Å²) in [6, 6.07) is 6.19. The number of aryl methyl sites for hydroxylation is 2. The zero-order valence-corrected chi connectivity index (χ0v) is 9.83. The van der Waals surface area contributed by atoms with Crippen molar-refractivity contribution in [1.82, 2.24) is 20.1 Å². The SMILES string of the molecule is Cc1cc(C)n(CCNCc2ccc[nH]2)n1. The van der Waals surface area contributed by atoms with Gasteiger partial charge in [0.15, 0.2) is 0 Å². The zero-order valence-electron chi connectivity index (χ0n) is 9.83. The summed E-state index contributed by atoms with van der Waals surface area (Å²) >= 11 is 0. The van der Waals surface area contributed by atoms with E-state index in [1.807, 2.05) is 23.9 Å². The maximum absolute atomic E-state index is 4.41. The van der Waals surface area contributed by atoms with Crippen LogP contribution in [0.25, 0.3) is 0 Å². The third-order valence-electron chi connectivity index (χ3n) is 2.58. The van der Waals surface area contributed by atoms with Gasteiger partial charge in [-0.25, -0.2) is 0 Å². The Morgan fingerprint density at radius 3 is 2.94 bits per heavy atom. The first kappa shape index (κ1) is 11.0. The minimum absolute atomic E-state index is 0.881. The first-order valence-electron chi connectivity index (χ1n) is 5.60. The lowest BCUT2D eigenvalue weighted by atomic mass is 10.4. The summed E-state index contributed by atoms with van der Waals surface area (Å²) in [5.74, 6) is 0. The topological polar surface area (TPSA) is 45.6 Å². The Morgan fingerprint density at radius 2 is 2.31 bits per heavy atom. The van der Waals surface area contributed by atoms with Gasteiger partial charge < -0.3 is 10.3 Å². The number of aromatic amines is 1. The number of H-pyrrole nitrogens is 1. The maximum atomic E-state index is 4.41. The first-order chi connectivity index (χ1) is 7.75. The van der Waals surface area contributed by atoms with E-state index in [9.17, 15) is 0 Å². The van der Waals surface area contributed by atoms with Gasteiger partial charge in [-0.2, -0.15) is 5.10 Å². The number of hydrogen-bond acceptors (Lipinski definition) is 2. The Morgan fingerprint density at radius 1 is 1.44 bits per heavy atom. The van der Waals surface area contributed by atoms with E-state index >= 15 is 0 Å². The average molecular weight is 218 g/mol. The van der Waals surface area contributed by atoms with Crippen LogP contribution >= 0.6 is 0 Å². The molecule has 4 heteroatoms. The molecule has 2 rings (SSSR count). The molecule has 0 amide bonds. The summed E-state index contributed by atoms with van der Waals surface area (Å²) in [6.45, 7) is 6.84. The van der Waals surface area contributed by atoms with Crippen molar-refractivity contribution in [2.75, 3.05) is 6.54 Å². The number of rotatable bonds is 5. The van der Waals surface area contributed by atoms with Crippen molar-refractivity contribution >= 4 is 0 Å². The summed E-state index contributed by atoms with van der Waals surface area (Å²) in [6.07, 6.45) is 1.94. The number of nitrogens with one attached hydrogen (secondary N) is 2. The Hall–Kier alpha value is -1.55. The van der Waals surface area contributed by atoms with Crippen molar-refractivity contribution in [1.29, 1.82) is 0 Å². The molecule has 0 fully saturated rings. The van der Waals surface area contributed by atoms with Crippen LogP contribution in [0.2, 0.25) is 0 Å². The van der Waals surface area contributed by atoms with Crippen molar-refractivity contribution < 1.29 is 0 Å². The third-order valence-corrected chi connectivity index (χ3v) is 2.58. The van der Waals surface area contributed by atoms with Gasteiger partial charge in [0.1, 0.15) is 0 Å². The molecule has 0 aliphatic rings. The zero-order chi connectivity index (χ0) is 11.4. The van der Waals surface area contributed by atoms with Crippen LogP contribution < -0.4 is 5.32 Å². The smallest absolute Gasteiger partial charge is 0.0596 e. The van der Waals surface area contributed by atoms with Crippen LogP contribution in [0.4, 0.5) is 0 Å². The summed E-state index contributed by atoms with van der Waals surface area (Å²) in [4.78, 5) is 3.17. The first-order valence-corrected chi connectivity index (χ1v) is 5.60. The van der Waals surface area contributed by atoms with Crippen LogP contribution in [0.5, 0.6) is 0 Å². The van der Waals surface area contributed by atoms with E-state index in [-0.39, 0.29) is 0 Å². The maximum Gasteiger partial charge on any atom is 0.0596 e. The average Bonchev–Trinajstić information content (AvgIpc) is 2.84. The minimum Gasteiger partial charge on any atom is -0.364 e. The fraction of sp³-hybridized carbons (Fsp3) is 0.417. The molecule has 16 heavy (non-hydrogen) atoms. The number of hydrogen-bond donors (Lipinski definition) is 2. The lowest BCUT2D eigenvalue weighted by Gasteiger charge is -2.05. The molecule has 0 atom stereocenters. The standard InChI is InChI=1S/C12H18N4/c1-10-8-11(2)16(15-10)7-6-13-9-12-4-3-5-14-12/h3-5,8,13-14H,6-7,9H2,1-2H3. The van der Waals surface area contributed by atoms with Gasteiger partial charge in [0.2, 0.25) is 0 Å². The minimum atomic E-state index is 0.881. The molecular formula is C12H18N4. The van der Waals surface area contributed by atoms with Gasteiger partial charge in [-0.15, -0.1) is 0 Å². The highest BCUT2D eigenvalue weighted by Gasteiger charge is 1.99. The molecular weight excluding hydrogens is 200 g/mol. The molecule has 0 aliphatic carbocycles. The highest BCUT2D eigenvalue weighted by atomic mass is 15.3. The van der Waals surface area contributed by atoms with E-state index < -0.39 is 0 Å². The third kappa shape index (κ3) is 2.73. The second kappa shape index (κ2) is 4.99. The van der Waals surface area contributed by atoms with Crippen LogP contribution in [0.1, 0.15) is 17.1 Å². The fourth-order valence-corrected chi connectivity index (χ4v) is 1.79. The lowest BCUT2D eigenvalue weighted by molar-refractivity contribution is 0.540. The quantitative estimate of drug-likeness (QED) is 0.749. The summed E-state index contributed by atoms with van der Waals surface area (Å²) < 4.78 is 2.04. The van der Waals surface area contributed by atoms with E-state index in [0.717, 1.165) is 25.3 Å². The highest BCUT2D eigenvalue weighted by molar-refractivity contribution is 5.06. The molecule has 0 saturated heterocycles. The van der Waals surface area contributed by atoms with Gasteiger partial charge in [0.25, 0.3) is 0 Å². The second-order valence-electron chi connectivity index (χ2n) is 4.02. The van der Waals surface area contributed by atoms with E-state index in [2.05, 4.69) is 34.5 Å². The Bertz CT molecular complexity index is 428. The fourth-order valence-electron chi connectivity index (χ4n) is 1.79. The van der Waals surface area contributed by atoms with Gasteiger partial charge in [0, 0.05) is 30.7 Å².